The Morgan fingerprint density at radius 3 is 2.80 bits per heavy atom. The van der Waals surface area contributed by atoms with Crippen molar-refractivity contribution in [3.63, 3.8) is 0 Å². The summed E-state index contributed by atoms with van der Waals surface area (Å²) in [6.45, 7) is 0.296. The van der Waals surface area contributed by atoms with Crippen molar-refractivity contribution < 1.29 is 17.2 Å². The van der Waals surface area contributed by atoms with Crippen LogP contribution in [0.15, 0.2) is 12.1 Å². The largest absolute Gasteiger partial charge is 0.369 e. The van der Waals surface area contributed by atoms with Crippen LogP contribution < -0.4 is 5.73 Å². The highest BCUT2D eigenvalue weighted by molar-refractivity contribution is 7.91. The van der Waals surface area contributed by atoms with E-state index in [4.69, 9.17) is 5.73 Å². The number of sulfone groups is 1. The van der Waals surface area contributed by atoms with Crippen molar-refractivity contribution >= 4 is 26.8 Å². The molecule has 1 fully saturated rings. The predicted molar refractivity (Wildman–Crippen MR) is 70.8 cm³/mol. The van der Waals surface area contributed by atoms with E-state index in [0.29, 0.717) is 13.0 Å². The molecule has 1 aliphatic rings. The molecule has 2 aromatic rings. The summed E-state index contributed by atoms with van der Waals surface area (Å²) in [4.78, 5) is 3.88. The first kappa shape index (κ1) is 13.3. The zero-order valence-corrected chi connectivity index (χ0v) is 11.3. The maximum atomic E-state index is 13.6. The van der Waals surface area contributed by atoms with Gasteiger partial charge in [-0.2, -0.15) is 0 Å². The number of hydrogen-bond acceptors (Lipinski definition) is 4. The fraction of sp³-hybridized carbons (Fsp3) is 0.417. The summed E-state index contributed by atoms with van der Waals surface area (Å²) >= 11 is 0. The molecule has 2 N–H and O–H groups in total. The van der Waals surface area contributed by atoms with Crippen LogP contribution in [0, 0.1) is 17.6 Å². The monoisotopic (exact) mass is 301 g/mol. The lowest BCUT2D eigenvalue weighted by Crippen LogP contribution is -2.14. The number of aromatic nitrogens is 2. The molecule has 0 bridgehead atoms. The zero-order chi connectivity index (χ0) is 14.5. The van der Waals surface area contributed by atoms with Crippen LogP contribution >= 0.6 is 0 Å². The van der Waals surface area contributed by atoms with Gasteiger partial charge in [-0.05, 0) is 12.3 Å². The number of fused-ring (bicyclic) bond motifs is 1. The third kappa shape index (κ3) is 2.24. The Kier molecular flexibility index (Phi) is 2.93. The highest BCUT2D eigenvalue weighted by Gasteiger charge is 2.29. The van der Waals surface area contributed by atoms with Crippen LogP contribution in [0.2, 0.25) is 0 Å². The molecule has 0 radical (unpaired) electrons. The number of anilines is 1. The summed E-state index contributed by atoms with van der Waals surface area (Å²) in [5.41, 5.74) is 5.99. The molecule has 2 heterocycles. The molecule has 1 atom stereocenters. The molecule has 108 valence electrons. The minimum absolute atomic E-state index is 0.00440. The number of nitrogens with two attached hydrogens (primary N) is 1. The van der Waals surface area contributed by atoms with Crippen molar-refractivity contribution in [1.82, 2.24) is 9.55 Å². The van der Waals surface area contributed by atoms with Crippen LogP contribution in [0.3, 0.4) is 0 Å². The number of benzene rings is 1. The number of rotatable bonds is 2. The summed E-state index contributed by atoms with van der Waals surface area (Å²) in [5.74, 6) is -1.31. The van der Waals surface area contributed by atoms with Gasteiger partial charge in [-0.1, -0.05) is 0 Å². The predicted octanol–water partition coefficient (Wildman–Crippen LogP) is 1.33. The van der Waals surface area contributed by atoms with Crippen LogP contribution in [0.4, 0.5) is 14.7 Å². The van der Waals surface area contributed by atoms with E-state index in [2.05, 4.69) is 4.98 Å². The Morgan fingerprint density at radius 1 is 1.40 bits per heavy atom. The number of hydrogen-bond donors (Lipinski definition) is 1. The fourth-order valence-corrected chi connectivity index (χ4v) is 4.48. The molecular formula is C12H13F2N3O2S. The molecule has 8 heteroatoms. The normalized spacial score (nSPS) is 21.6. The first-order valence-corrected chi connectivity index (χ1v) is 7.99. The molecule has 1 aromatic heterocycles. The Balaban J connectivity index is 2.01. The SMILES string of the molecule is Nc1nc2c(F)cc(F)cc2n1CC1CCS(=O)(=O)C1. The van der Waals surface area contributed by atoms with Gasteiger partial charge in [0.05, 0.1) is 17.0 Å². The van der Waals surface area contributed by atoms with Crippen molar-refractivity contribution in [3.8, 4) is 0 Å². The summed E-state index contributed by atoms with van der Waals surface area (Å²) in [6.07, 6.45) is 0.527. The molecule has 1 aromatic carbocycles. The van der Waals surface area contributed by atoms with Crippen LogP contribution in [0.5, 0.6) is 0 Å². The molecule has 0 spiro atoms. The Labute approximate surface area is 114 Å². The van der Waals surface area contributed by atoms with Gasteiger partial charge in [0.25, 0.3) is 0 Å². The molecule has 0 saturated carbocycles. The maximum Gasteiger partial charge on any atom is 0.201 e. The van der Waals surface area contributed by atoms with Crippen molar-refractivity contribution in [3.05, 3.63) is 23.8 Å². The summed E-state index contributed by atoms with van der Waals surface area (Å²) in [6, 6.07) is 1.91. The Hall–Kier alpha value is -1.70. The highest BCUT2D eigenvalue weighted by atomic mass is 32.2. The lowest BCUT2D eigenvalue weighted by atomic mass is 10.1. The summed E-state index contributed by atoms with van der Waals surface area (Å²) in [7, 11) is -3.00. The molecule has 20 heavy (non-hydrogen) atoms. The van der Waals surface area contributed by atoms with Gasteiger partial charge in [-0.15, -0.1) is 0 Å². The van der Waals surface area contributed by atoms with Gasteiger partial charge < -0.3 is 10.3 Å². The van der Waals surface area contributed by atoms with Crippen LogP contribution in [0.1, 0.15) is 6.42 Å². The first-order valence-electron chi connectivity index (χ1n) is 6.17. The standard InChI is InChI=1S/C12H13F2N3O2S/c13-8-3-9(14)11-10(4-8)17(12(15)16-11)5-7-1-2-20(18,19)6-7/h3-4,7H,1-2,5-6H2,(H2,15,16). The van der Waals surface area contributed by atoms with Gasteiger partial charge in [-0.25, -0.2) is 22.2 Å². The molecular weight excluding hydrogens is 288 g/mol. The molecule has 5 nitrogen and oxygen atoms in total. The third-order valence-electron chi connectivity index (χ3n) is 3.57. The molecule has 1 aliphatic heterocycles. The lowest BCUT2D eigenvalue weighted by Gasteiger charge is -2.11. The Bertz CT molecular complexity index is 786. The second kappa shape index (κ2) is 4.41. The highest BCUT2D eigenvalue weighted by Crippen LogP contribution is 2.26. The van der Waals surface area contributed by atoms with Gasteiger partial charge in [0, 0.05) is 18.7 Å². The Morgan fingerprint density at radius 2 is 2.15 bits per heavy atom. The van der Waals surface area contributed by atoms with E-state index in [1.54, 1.807) is 0 Å². The second-order valence-electron chi connectivity index (χ2n) is 5.11. The molecule has 3 rings (SSSR count). The zero-order valence-electron chi connectivity index (χ0n) is 10.5. The number of imidazole rings is 1. The molecule has 0 amide bonds. The molecule has 1 unspecified atom stereocenters. The average molecular weight is 301 g/mol. The van der Waals surface area contributed by atoms with Gasteiger partial charge in [0.1, 0.15) is 11.3 Å². The third-order valence-corrected chi connectivity index (χ3v) is 5.41. The van der Waals surface area contributed by atoms with E-state index in [9.17, 15) is 17.2 Å². The van der Waals surface area contributed by atoms with Crippen molar-refractivity contribution in [2.24, 2.45) is 5.92 Å². The minimum atomic E-state index is -3.00. The van der Waals surface area contributed by atoms with Crippen LogP contribution in [-0.2, 0) is 16.4 Å². The fourth-order valence-electron chi connectivity index (χ4n) is 2.63. The quantitative estimate of drug-likeness (QED) is 0.907. The molecule has 0 aliphatic carbocycles. The van der Waals surface area contributed by atoms with E-state index < -0.39 is 21.5 Å². The van der Waals surface area contributed by atoms with Crippen LogP contribution in [0.25, 0.3) is 11.0 Å². The summed E-state index contributed by atoms with van der Waals surface area (Å²) < 4.78 is 51.3. The topological polar surface area (TPSA) is 78.0 Å². The van der Waals surface area contributed by atoms with Gasteiger partial charge in [0.2, 0.25) is 5.95 Å². The average Bonchev–Trinajstić information content (AvgIpc) is 2.82. The molecule has 1 saturated heterocycles. The second-order valence-corrected chi connectivity index (χ2v) is 7.33. The lowest BCUT2D eigenvalue weighted by molar-refractivity contribution is 0.502. The van der Waals surface area contributed by atoms with Gasteiger partial charge in [0.15, 0.2) is 15.7 Å². The first-order chi connectivity index (χ1) is 9.35. The van der Waals surface area contributed by atoms with Crippen molar-refractivity contribution in [2.75, 3.05) is 17.2 Å². The van der Waals surface area contributed by atoms with E-state index in [1.807, 2.05) is 0 Å². The van der Waals surface area contributed by atoms with E-state index in [0.717, 1.165) is 12.1 Å². The minimum Gasteiger partial charge on any atom is -0.369 e. The van der Waals surface area contributed by atoms with E-state index >= 15 is 0 Å². The number of nitrogen functional groups attached to an aromatic ring is 1. The smallest absolute Gasteiger partial charge is 0.201 e. The summed E-state index contributed by atoms with van der Waals surface area (Å²) in [5, 5.41) is 0. The van der Waals surface area contributed by atoms with Crippen molar-refractivity contribution in [1.29, 1.82) is 0 Å². The van der Waals surface area contributed by atoms with Crippen LogP contribution in [-0.4, -0.2) is 29.5 Å². The van der Waals surface area contributed by atoms with Crippen molar-refractivity contribution in [2.45, 2.75) is 13.0 Å². The maximum absolute atomic E-state index is 13.6. The van der Waals surface area contributed by atoms with E-state index in [1.165, 1.54) is 4.57 Å². The van der Waals surface area contributed by atoms with Gasteiger partial charge >= 0.3 is 0 Å². The number of halogens is 2. The number of nitrogens with zero attached hydrogens (tertiary/aromatic N) is 2. The van der Waals surface area contributed by atoms with E-state index in [-0.39, 0.29) is 34.4 Å². The van der Waals surface area contributed by atoms with Gasteiger partial charge in [-0.3, -0.25) is 0 Å².